The molecule has 23 heavy (non-hydrogen) atoms. The van der Waals surface area contributed by atoms with Crippen LogP contribution in [0, 0.1) is 0 Å². The van der Waals surface area contributed by atoms with Gasteiger partial charge in [-0.05, 0) is 18.2 Å². The van der Waals surface area contributed by atoms with Crippen LogP contribution in [0.4, 0.5) is 0 Å². The maximum absolute atomic E-state index is 11.3. The van der Waals surface area contributed by atoms with Crippen molar-refractivity contribution in [3.63, 3.8) is 0 Å². The minimum atomic E-state index is -4.55. The van der Waals surface area contributed by atoms with E-state index in [1.54, 1.807) is 0 Å². The second-order valence-electron chi connectivity index (χ2n) is 3.65. The smallest absolute Gasteiger partial charge is 0.337 e. The monoisotopic (exact) mass is 359 g/mol. The van der Waals surface area contributed by atoms with Gasteiger partial charge in [-0.15, -0.1) is 0 Å². The van der Waals surface area contributed by atoms with E-state index in [-0.39, 0.29) is 53.9 Å². The predicted octanol–water partition coefficient (Wildman–Crippen LogP) is -0.903. The Balaban J connectivity index is 0. The molecule has 9 nitrogen and oxygen atoms in total. The number of ether oxygens (including phenoxy) is 2. The second kappa shape index (κ2) is 11.5. The summed E-state index contributed by atoms with van der Waals surface area (Å²) in [6.07, 6.45) is 0. The number of esters is 2. The molecule has 0 spiro atoms. The average Bonchev–Trinajstić information content (AvgIpc) is 2.52. The molecule has 1 aromatic carbocycles. The largest absolute Gasteiger partial charge is 0.465 e. The van der Waals surface area contributed by atoms with Gasteiger partial charge in [-0.1, -0.05) is 0 Å². The van der Waals surface area contributed by atoms with Crippen molar-refractivity contribution in [3.8, 4) is 0 Å². The number of benzene rings is 1. The van der Waals surface area contributed by atoms with E-state index in [9.17, 15) is 18.0 Å². The number of hydrogen-bond acceptors (Lipinski definition) is 8. The summed E-state index contributed by atoms with van der Waals surface area (Å²) in [5.41, 5.74) is -0.374. The molecule has 0 fully saturated rings. The maximum atomic E-state index is 11.3. The summed E-state index contributed by atoms with van der Waals surface area (Å²) in [5.74, 6) is -1.68. The van der Waals surface area contributed by atoms with E-state index in [0.29, 0.717) is 0 Å². The molecule has 0 bridgehead atoms. The number of aliphatic hydroxyl groups excluding tert-OH is 2. The third-order valence-electron chi connectivity index (χ3n) is 2.15. The fraction of sp³-hybridized carbons (Fsp3) is 0.333. The standard InChI is InChI=1S/C10H10O7S.C2H6O2.Na/c1-16-9(11)6-3-7(10(12)17-2)5-8(4-6)18(13,14)15;3-1-2-4;/h3-5H,1-2H3,(H,13,14,15);3-4H,1-2H2;. The Morgan fingerprint density at radius 3 is 1.52 bits per heavy atom. The van der Waals surface area contributed by atoms with E-state index in [1.165, 1.54) is 0 Å². The van der Waals surface area contributed by atoms with Crippen molar-refractivity contribution in [1.29, 1.82) is 0 Å². The molecule has 0 heterocycles. The third kappa shape index (κ3) is 8.42. The molecule has 0 saturated heterocycles. The first-order valence-electron chi connectivity index (χ1n) is 5.72. The third-order valence-corrected chi connectivity index (χ3v) is 2.98. The van der Waals surface area contributed by atoms with Crippen molar-refractivity contribution < 1.29 is 42.2 Å². The Morgan fingerprint density at radius 1 is 0.957 bits per heavy atom. The molecule has 0 atom stereocenters. The minimum absolute atomic E-state index is 0. The van der Waals surface area contributed by atoms with Crippen molar-refractivity contribution in [2.45, 2.75) is 4.90 Å². The number of hydrogen-bond donors (Lipinski definition) is 3. The fourth-order valence-electron chi connectivity index (χ4n) is 1.22. The van der Waals surface area contributed by atoms with Crippen molar-refractivity contribution in [3.05, 3.63) is 29.3 Å². The Labute approximate surface area is 155 Å². The molecule has 3 N–H and O–H groups in total. The molecule has 0 saturated carbocycles. The summed E-state index contributed by atoms with van der Waals surface area (Å²) in [7, 11) is -2.35. The van der Waals surface area contributed by atoms with Crippen molar-refractivity contribution >= 4 is 51.6 Å². The van der Waals surface area contributed by atoms with Gasteiger partial charge in [0.15, 0.2) is 0 Å². The molecule has 1 aromatic rings. The SMILES string of the molecule is COC(=O)c1cc(C(=O)OC)cc(S(=O)(=O)O)c1.OCCO.[Na]. The van der Waals surface area contributed by atoms with E-state index < -0.39 is 27.0 Å². The Morgan fingerprint density at radius 2 is 1.30 bits per heavy atom. The van der Waals surface area contributed by atoms with Crippen LogP contribution in [0.5, 0.6) is 0 Å². The number of aliphatic hydroxyl groups is 2. The zero-order chi connectivity index (χ0) is 17.3. The van der Waals surface area contributed by atoms with E-state index >= 15 is 0 Å². The quantitative estimate of drug-likeness (QED) is 0.353. The normalized spacial score (nSPS) is 9.78. The summed E-state index contributed by atoms with van der Waals surface area (Å²) in [4.78, 5) is 22.0. The van der Waals surface area contributed by atoms with Gasteiger partial charge in [-0.25, -0.2) is 9.59 Å². The van der Waals surface area contributed by atoms with Crippen LogP contribution >= 0.6 is 0 Å². The number of carbonyl (C=O) groups is 2. The summed E-state index contributed by atoms with van der Waals surface area (Å²) < 4.78 is 39.7. The van der Waals surface area contributed by atoms with Crippen LogP contribution in [-0.2, 0) is 19.6 Å². The predicted molar refractivity (Wildman–Crippen MR) is 78.9 cm³/mol. The van der Waals surface area contributed by atoms with Crippen LogP contribution in [0.15, 0.2) is 23.1 Å². The van der Waals surface area contributed by atoms with E-state index in [0.717, 1.165) is 32.4 Å². The first kappa shape index (κ1) is 24.2. The van der Waals surface area contributed by atoms with Gasteiger partial charge in [0.1, 0.15) is 0 Å². The molecule has 0 amide bonds. The first-order valence-corrected chi connectivity index (χ1v) is 7.16. The molecular weight excluding hydrogens is 343 g/mol. The van der Waals surface area contributed by atoms with E-state index in [2.05, 4.69) is 9.47 Å². The van der Waals surface area contributed by atoms with Crippen LogP contribution in [0.2, 0.25) is 0 Å². The van der Waals surface area contributed by atoms with Gasteiger partial charge in [-0.3, -0.25) is 4.55 Å². The van der Waals surface area contributed by atoms with Crippen molar-refractivity contribution in [2.24, 2.45) is 0 Å². The van der Waals surface area contributed by atoms with Gasteiger partial charge in [0, 0.05) is 29.6 Å². The van der Waals surface area contributed by atoms with Gasteiger partial charge in [-0.2, -0.15) is 8.42 Å². The zero-order valence-corrected chi connectivity index (χ0v) is 15.7. The van der Waals surface area contributed by atoms with E-state index in [1.807, 2.05) is 0 Å². The molecule has 0 aliphatic rings. The molecular formula is C12H16NaO9S. The number of carbonyl (C=O) groups excluding carboxylic acids is 2. The molecule has 125 valence electrons. The van der Waals surface area contributed by atoms with Crippen LogP contribution in [0.25, 0.3) is 0 Å². The first-order chi connectivity index (χ1) is 10.2. The summed E-state index contributed by atoms with van der Waals surface area (Å²) in [5, 5.41) is 15.2. The molecule has 0 aromatic heterocycles. The van der Waals surface area contributed by atoms with Gasteiger partial charge >= 0.3 is 11.9 Å². The van der Waals surface area contributed by atoms with Crippen LogP contribution in [0.3, 0.4) is 0 Å². The fourth-order valence-corrected chi connectivity index (χ4v) is 1.77. The average molecular weight is 359 g/mol. The molecule has 1 radical (unpaired) electrons. The topological polar surface area (TPSA) is 147 Å². The van der Waals surface area contributed by atoms with Gasteiger partial charge in [0.05, 0.1) is 43.5 Å². The van der Waals surface area contributed by atoms with Crippen LogP contribution in [0.1, 0.15) is 20.7 Å². The summed E-state index contributed by atoms with van der Waals surface area (Å²) >= 11 is 0. The summed E-state index contributed by atoms with van der Waals surface area (Å²) in [6.45, 7) is -0.250. The van der Waals surface area contributed by atoms with E-state index in [4.69, 9.17) is 14.8 Å². The van der Waals surface area contributed by atoms with Crippen LogP contribution in [-0.4, -0.2) is 92.1 Å². The summed E-state index contributed by atoms with van der Waals surface area (Å²) in [6, 6.07) is 2.90. The molecule has 0 aliphatic carbocycles. The van der Waals surface area contributed by atoms with Crippen LogP contribution < -0.4 is 0 Å². The molecule has 1 rings (SSSR count). The second-order valence-corrected chi connectivity index (χ2v) is 5.07. The molecule has 0 aliphatic heterocycles. The molecule has 0 unspecified atom stereocenters. The zero-order valence-electron chi connectivity index (χ0n) is 12.8. The van der Waals surface area contributed by atoms with Gasteiger partial charge < -0.3 is 19.7 Å². The van der Waals surface area contributed by atoms with Crippen molar-refractivity contribution in [1.82, 2.24) is 0 Å². The Kier molecular flexibility index (Phi) is 12.1. The Hall–Kier alpha value is -1.01. The Bertz CT molecular complexity index is 591. The van der Waals surface area contributed by atoms with Gasteiger partial charge in [0.25, 0.3) is 10.1 Å². The maximum Gasteiger partial charge on any atom is 0.337 e. The molecule has 11 heteroatoms. The number of methoxy groups -OCH3 is 2. The van der Waals surface area contributed by atoms with Gasteiger partial charge in [0.2, 0.25) is 0 Å². The number of rotatable bonds is 4. The minimum Gasteiger partial charge on any atom is -0.465 e. The van der Waals surface area contributed by atoms with Crippen molar-refractivity contribution in [2.75, 3.05) is 27.4 Å².